The standard InChI is InChI=1S/C17H20FNO2.ClH/c1-3-21-16-9-6-14(10-17(16)20-2)12-19-11-13-4-7-15(18)8-5-13;/h4-10,19H,3,11-12H2,1-2H3;1H. The van der Waals surface area contributed by atoms with Crippen LogP contribution in [0.4, 0.5) is 4.39 Å². The van der Waals surface area contributed by atoms with Crippen LogP contribution in [-0.4, -0.2) is 13.7 Å². The Bertz CT molecular complexity index is 575. The zero-order valence-electron chi connectivity index (χ0n) is 12.8. The van der Waals surface area contributed by atoms with Crippen molar-refractivity contribution in [3.63, 3.8) is 0 Å². The van der Waals surface area contributed by atoms with Crippen LogP contribution in [0.2, 0.25) is 0 Å². The molecule has 0 aliphatic heterocycles. The van der Waals surface area contributed by atoms with Crippen molar-refractivity contribution in [3.05, 3.63) is 59.4 Å². The number of ether oxygens (including phenoxy) is 2. The number of nitrogens with one attached hydrogen (secondary N) is 1. The molecule has 120 valence electrons. The number of rotatable bonds is 7. The van der Waals surface area contributed by atoms with Crippen LogP contribution < -0.4 is 14.8 Å². The average molecular weight is 326 g/mol. The maximum Gasteiger partial charge on any atom is 0.161 e. The third kappa shape index (κ3) is 5.20. The van der Waals surface area contributed by atoms with E-state index >= 15 is 0 Å². The molecular formula is C17H21ClFNO2. The molecule has 0 spiro atoms. The predicted molar refractivity (Wildman–Crippen MR) is 88.4 cm³/mol. The van der Waals surface area contributed by atoms with Gasteiger partial charge in [0.1, 0.15) is 5.82 Å². The van der Waals surface area contributed by atoms with Crippen LogP contribution in [0.5, 0.6) is 11.5 Å². The number of hydrogen-bond acceptors (Lipinski definition) is 3. The molecule has 0 unspecified atom stereocenters. The van der Waals surface area contributed by atoms with Crippen molar-refractivity contribution in [1.82, 2.24) is 5.32 Å². The lowest BCUT2D eigenvalue weighted by molar-refractivity contribution is 0.310. The van der Waals surface area contributed by atoms with E-state index in [1.165, 1.54) is 12.1 Å². The summed E-state index contributed by atoms with van der Waals surface area (Å²) < 4.78 is 23.6. The first-order valence-electron chi connectivity index (χ1n) is 6.97. The van der Waals surface area contributed by atoms with E-state index in [2.05, 4.69) is 5.32 Å². The number of methoxy groups -OCH3 is 1. The molecule has 0 bridgehead atoms. The first-order valence-corrected chi connectivity index (χ1v) is 6.97. The van der Waals surface area contributed by atoms with Gasteiger partial charge in [0, 0.05) is 13.1 Å². The van der Waals surface area contributed by atoms with Gasteiger partial charge in [-0.1, -0.05) is 18.2 Å². The average Bonchev–Trinajstić information content (AvgIpc) is 2.51. The third-order valence-electron chi connectivity index (χ3n) is 3.10. The van der Waals surface area contributed by atoms with E-state index in [1.807, 2.05) is 25.1 Å². The fourth-order valence-corrected chi connectivity index (χ4v) is 2.05. The molecule has 0 amide bonds. The van der Waals surface area contributed by atoms with Crippen molar-refractivity contribution < 1.29 is 13.9 Å². The molecular weight excluding hydrogens is 305 g/mol. The van der Waals surface area contributed by atoms with Gasteiger partial charge < -0.3 is 14.8 Å². The van der Waals surface area contributed by atoms with Crippen molar-refractivity contribution in [1.29, 1.82) is 0 Å². The van der Waals surface area contributed by atoms with E-state index in [0.717, 1.165) is 22.6 Å². The highest BCUT2D eigenvalue weighted by atomic mass is 35.5. The van der Waals surface area contributed by atoms with E-state index in [9.17, 15) is 4.39 Å². The summed E-state index contributed by atoms with van der Waals surface area (Å²) in [4.78, 5) is 0. The highest BCUT2D eigenvalue weighted by molar-refractivity contribution is 5.85. The van der Waals surface area contributed by atoms with Crippen LogP contribution in [0.1, 0.15) is 18.1 Å². The summed E-state index contributed by atoms with van der Waals surface area (Å²) in [7, 11) is 1.63. The topological polar surface area (TPSA) is 30.5 Å². The molecule has 0 atom stereocenters. The second-order valence-corrected chi connectivity index (χ2v) is 4.65. The van der Waals surface area contributed by atoms with Crippen LogP contribution in [-0.2, 0) is 13.1 Å². The molecule has 22 heavy (non-hydrogen) atoms. The van der Waals surface area contributed by atoms with E-state index in [0.29, 0.717) is 19.7 Å². The molecule has 2 aromatic carbocycles. The summed E-state index contributed by atoms with van der Waals surface area (Å²) in [6, 6.07) is 12.4. The van der Waals surface area contributed by atoms with Crippen molar-refractivity contribution in [3.8, 4) is 11.5 Å². The molecule has 0 fully saturated rings. The SMILES string of the molecule is CCOc1ccc(CNCc2ccc(F)cc2)cc1OC.Cl. The van der Waals surface area contributed by atoms with Gasteiger partial charge in [0.2, 0.25) is 0 Å². The molecule has 5 heteroatoms. The molecule has 0 aromatic heterocycles. The van der Waals surface area contributed by atoms with Crippen LogP contribution in [0.3, 0.4) is 0 Å². The summed E-state index contributed by atoms with van der Waals surface area (Å²) >= 11 is 0. The van der Waals surface area contributed by atoms with E-state index in [1.54, 1.807) is 19.2 Å². The van der Waals surface area contributed by atoms with Gasteiger partial charge in [0.05, 0.1) is 13.7 Å². The third-order valence-corrected chi connectivity index (χ3v) is 3.10. The Morgan fingerprint density at radius 3 is 2.23 bits per heavy atom. The molecule has 2 rings (SSSR count). The molecule has 0 saturated heterocycles. The Morgan fingerprint density at radius 1 is 0.955 bits per heavy atom. The normalized spacial score (nSPS) is 9.95. The van der Waals surface area contributed by atoms with Gasteiger partial charge in [-0.15, -0.1) is 12.4 Å². The quantitative estimate of drug-likeness (QED) is 0.836. The van der Waals surface area contributed by atoms with Crippen LogP contribution in [0, 0.1) is 5.82 Å². The summed E-state index contributed by atoms with van der Waals surface area (Å²) in [5, 5.41) is 3.32. The monoisotopic (exact) mass is 325 g/mol. The second kappa shape index (κ2) is 9.28. The zero-order chi connectivity index (χ0) is 15.1. The first kappa shape index (κ1) is 18.3. The Morgan fingerprint density at radius 2 is 1.59 bits per heavy atom. The van der Waals surface area contributed by atoms with E-state index in [4.69, 9.17) is 9.47 Å². The summed E-state index contributed by atoms with van der Waals surface area (Å²) in [5.41, 5.74) is 2.16. The van der Waals surface area contributed by atoms with E-state index in [-0.39, 0.29) is 18.2 Å². The minimum Gasteiger partial charge on any atom is -0.493 e. The van der Waals surface area contributed by atoms with Crippen molar-refractivity contribution in [2.45, 2.75) is 20.0 Å². The van der Waals surface area contributed by atoms with Crippen LogP contribution in [0.25, 0.3) is 0 Å². The molecule has 0 aliphatic rings. The molecule has 0 aliphatic carbocycles. The van der Waals surface area contributed by atoms with Gasteiger partial charge in [0.25, 0.3) is 0 Å². The van der Waals surface area contributed by atoms with E-state index < -0.39 is 0 Å². The van der Waals surface area contributed by atoms with Gasteiger partial charge in [-0.2, -0.15) is 0 Å². The Labute approximate surface area is 136 Å². The molecule has 0 saturated carbocycles. The van der Waals surface area contributed by atoms with Gasteiger partial charge >= 0.3 is 0 Å². The lowest BCUT2D eigenvalue weighted by atomic mass is 10.2. The highest BCUT2D eigenvalue weighted by Crippen LogP contribution is 2.27. The highest BCUT2D eigenvalue weighted by Gasteiger charge is 2.05. The maximum atomic E-state index is 12.8. The van der Waals surface area contributed by atoms with Crippen molar-refractivity contribution in [2.75, 3.05) is 13.7 Å². The van der Waals surface area contributed by atoms with Crippen LogP contribution >= 0.6 is 12.4 Å². The Hall–Kier alpha value is -1.78. The van der Waals surface area contributed by atoms with Gasteiger partial charge in [-0.25, -0.2) is 4.39 Å². The largest absolute Gasteiger partial charge is 0.493 e. The fourth-order valence-electron chi connectivity index (χ4n) is 2.05. The first-order chi connectivity index (χ1) is 10.2. The molecule has 0 heterocycles. The van der Waals surface area contributed by atoms with Gasteiger partial charge in [-0.3, -0.25) is 0 Å². The van der Waals surface area contributed by atoms with Crippen molar-refractivity contribution >= 4 is 12.4 Å². The predicted octanol–water partition coefficient (Wildman–Crippen LogP) is 3.94. The Balaban J connectivity index is 0.00000242. The number of hydrogen-bond donors (Lipinski definition) is 1. The molecule has 1 N–H and O–H groups in total. The summed E-state index contributed by atoms with van der Waals surface area (Å²) in [5.74, 6) is 1.27. The minimum absolute atomic E-state index is 0. The van der Waals surface area contributed by atoms with Crippen molar-refractivity contribution in [2.24, 2.45) is 0 Å². The van der Waals surface area contributed by atoms with Gasteiger partial charge in [-0.05, 0) is 42.3 Å². The molecule has 0 radical (unpaired) electrons. The fraction of sp³-hybridized carbons (Fsp3) is 0.294. The molecule has 3 nitrogen and oxygen atoms in total. The Kier molecular flexibility index (Phi) is 7.71. The lowest BCUT2D eigenvalue weighted by Gasteiger charge is -2.11. The number of halogens is 2. The maximum absolute atomic E-state index is 12.8. The van der Waals surface area contributed by atoms with Gasteiger partial charge in [0.15, 0.2) is 11.5 Å². The zero-order valence-corrected chi connectivity index (χ0v) is 13.6. The second-order valence-electron chi connectivity index (χ2n) is 4.65. The number of benzene rings is 2. The summed E-state index contributed by atoms with van der Waals surface area (Å²) in [6.45, 7) is 3.95. The smallest absolute Gasteiger partial charge is 0.161 e. The lowest BCUT2D eigenvalue weighted by Crippen LogP contribution is -2.12. The van der Waals surface area contributed by atoms with Crippen LogP contribution in [0.15, 0.2) is 42.5 Å². The molecule has 2 aromatic rings. The minimum atomic E-state index is -0.213. The summed E-state index contributed by atoms with van der Waals surface area (Å²) in [6.07, 6.45) is 0.